The molecule has 1 saturated heterocycles. The third-order valence-corrected chi connectivity index (χ3v) is 16.6. The minimum absolute atomic E-state index is 0.0972. The van der Waals surface area contributed by atoms with Gasteiger partial charge >= 0.3 is 0 Å². The van der Waals surface area contributed by atoms with Gasteiger partial charge in [-0.15, -0.1) is 0 Å². The van der Waals surface area contributed by atoms with Gasteiger partial charge < -0.3 is 33.2 Å². The lowest BCUT2D eigenvalue weighted by atomic mass is 9.85. The highest BCUT2D eigenvalue weighted by molar-refractivity contribution is 6.74. The number of nitrogens with zero attached hydrogens (tertiary/aromatic N) is 1. The molecule has 7 rings (SSSR count). The van der Waals surface area contributed by atoms with Crippen molar-refractivity contribution in [2.24, 2.45) is 0 Å². The summed E-state index contributed by atoms with van der Waals surface area (Å²) in [6, 6.07) is 56.3. The molecule has 6 aromatic rings. The van der Waals surface area contributed by atoms with Crippen molar-refractivity contribution in [3.63, 3.8) is 0 Å². The van der Waals surface area contributed by atoms with E-state index in [1.807, 2.05) is 133 Å². The van der Waals surface area contributed by atoms with E-state index in [4.69, 9.17) is 33.4 Å². The molecule has 0 radical (unpaired) electrons. The molecule has 0 bridgehead atoms. The van der Waals surface area contributed by atoms with E-state index in [0.29, 0.717) is 25.2 Å². The van der Waals surface area contributed by atoms with E-state index in [9.17, 15) is 5.11 Å². The lowest BCUT2D eigenvalue weighted by molar-refractivity contribution is -0.378. The molecule has 5 atom stereocenters. The number of aliphatic hydroxyl groups is 1. The second kappa shape index (κ2) is 23.2. The first-order valence-electron chi connectivity index (χ1n) is 22.5. The standard InChI is InChI=1S/C54H62O7Si.C2H3N/c1-40-27-30-47(34-46(40)33-41-28-31-48(32-29-41)61-62(5,6)53(2,3)4)54(55)52(59-38-45-25-17-10-18-26-45)51(58-37-44-23-15-9-16-24-44)50(57-36-43-21-13-8-14-22-43)49(60-54)39-56-35-42-19-11-7-12-20-42;1-2-3/h7-32,34,49-52,55H,33,35-39H2,1-6H3;1H3/t49-,50-,51+,52-,54?;/m1./s1. The first-order valence-corrected chi connectivity index (χ1v) is 25.4. The molecule has 0 spiro atoms. The van der Waals surface area contributed by atoms with Gasteiger partial charge in [0.15, 0.2) is 0 Å². The number of hydrogen-bond acceptors (Lipinski definition) is 8. The predicted molar refractivity (Wildman–Crippen MR) is 259 cm³/mol. The van der Waals surface area contributed by atoms with Crippen molar-refractivity contribution in [3.8, 4) is 11.8 Å². The van der Waals surface area contributed by atoms with Gasteiger partial charge in [0.2, 0.25) is 14.1 Å². The number of hydrogen-bond donors (Lipinski definition) is 1. The van der Waals surface area contributed by atoms with Crippen LogP contribution >= 0.6 is 0 Å². The summed E-state index contributed by atoms with van der Waals surface area (Å²) < 4.78 is 40.7. The van der Waals surface area contributed by atoms with Crippen LogP contribution in [-0.2, 0) is 62.3 Å². The zero-order chi connectivity index (χ0) is 46.3. The Morgan fingerprint density at radius 3 is 1.58 bits per heavy atom. The van der Waals surface area contributed by atoms with Crippen LogP contribution in [0.25, 0.3) is 0 Å². The summed E-state index contributed by atoms with van der Waals surface area (Å²) in [5.74, 6) is -1.08. The Morgan fingerprint density at radius 2 is 1.09 bits per heavy atom. The molecular formula is C56H65NO7Si. The van der Waals surface area contributed by atoms with Crippen LogP contribution in [0.3, 0.4) is 0 Å². The molecule has 8 nitrogen and oxygen atoms in total. The topological polar surface area (TPSA) is 99.4 Å². The number of aryl methyl sites for hydroxylation is 1. The second-order valence-electron chi connectivity index (χ2n) is 18.1. The van der Waals surface area contributed by atoms with Gasteiger partial charge in [-0.3, -0.25) is 0 Å². The molecule has 1 unspecified atom stereocenters. The molecule has 1 heterocycles. The number of ether oxygens (including phenoxy) is 5. The summed E-state index contributed by atoms with van der Waals surface area (Å²) in [6.07, 6.45) is -2.59. The summed E-state index contributed by atoms with van der Waals surface area (Å²) in [6.45, 7) is 16.1. The van der Waals surface area contributed by atoms with E-state index in [-0.39, 0.29) is 24.9 Å². The van der Waals surface area contributed by atoms with Crippen LogP contribution in [-0.4, -0.2) is 44.4 Å². The van der Waals surface area contributed by atoms with Crippen molar-refractivity contribution in [2.75, 3.05) is 6.61 Å². The monoisotopic (exact) mass is 891 g/mol. The quantitative estimate of drug-likeness (QED) is 0.0852. The van der Waals surface area contributed by atoms with Crippen LogP contribution in [0.2, 0.25) is 18.1 Å². The highest BCUT2D eigenvalue weighted by Crippen LogP contribution is 2.43. The van der Waals surface area contributed by atoms with Crippen molar-refractivity contribution in [2.45, 2.75) is 116 Å². The maximum absolute atomic E-state index is 13.4. The van der Waals surface area contributed by atoms with Gasteiger partial charge in [-0.05, 0) is 88.6 Å². The number of benzene rings is 6. The lowest BCUT2D eigenvalue weighted by Gasteiger charge is -2.50. The summed E-state index contributed by atoms with van der Waals surface area (Å²) in [7, 11) is -1.99. The van der Waals surface area contributed by atoms with E-state index in [1.54, 1.807) is 6.07 Å². The largest absolute Gasteiger partial charge is 0.544 e. The van der Waals surface area contributed by atoms with E-state index in [0.717, 1.165) is 44.7 Å². The summed E-state index contributed by atoms with van der Waals surface area (Å²) in [4.78, 5) is 0. The molecule has 1 aliphatic rings. The zero-order valence-corrected chi connectivity index (χ0v) is 40.0. The third kappa shape index (κ3) is 13.6. The highest BCUT2D eigenvalue weighted by Gasteiger charge is 2.57. The highest BCUT2D eigenvalue weighted by atomic mass is 28.4. The minimum atomic E-state index is -1.99. The molecule has 1 fully saturated rings. The van der Waals surface area contributed by atoms with Gasteiger partial charge in [-0.25, -0.2) is 0 Å². The Kier molecular flexibility index (Phi) is 17.5. The van der Waals surface area contributed by atoms with Gasteiger partial charge in [-0.1, -0.05) is 166 Å². The SMILES string of the molecule is CC#N.Cc1ccc(C2(O)O[C@H](COCc3ccccc3)[C@@H](OCc3ccccc3)[C@H](OCc3ccccc3)[C@H]2OCc2ccccc2)cc1Cc1ccc(O[Si](C)(C)C(C)(C)C)cc1. The average Bonchev–Trinajstić information content (AvgIpc) is 3.30. The smallest absolute Gasteiger partial charge is 0.250 e. The van der Waals surface area contributed by atoms with E-state index < -0.39 is 38.5 Å². The lowest BCUT2D eigenvalue weighted by Crippen LogP contribution is -2.65. The maximum Gasteiger partial charge on any atom is 0.250 e. The molecule has 0 aromatic heterocycles. The minimum Gasteiger partial charge on any atom is -0.544 e. The Labute approximate surface area is 387 Å². The normalized spacial score (nSPS) is 19.7. The Balaban J connectivity index is 0.00000227. The van der Waals surface area contributed by atoms with Crippen molar-refractivity contribution < 1.29 is 33.2 Å². The Hall–Kier alpha value is -5.41. The van der Waals surface area contributed by atoms with Crippen LogP contribution in [0.1, 0.15) is 72.2 Å². The fraction of sp³-hybridized carbons (Fsp3) is 0.339. The molecule has 1 aliphatic heterocycles. The van der Waals surface area contributed by atoms with Gasteiger partial charge in [0, 0.05) is 12.5 Å². The van der Waals surface area contributed by atoms with E-state index >= 15 is 0 Å². The number of nitriles is 1. The molecule has 9 heteroatoms. The first-order chi connectivity index (χ1) is 31.3. The van der Waals surface area contributed by atoms with Gasteiger partial charge in [0.1, 0.15) is 30.2 Å². The fourth-order valence-electron chi connectivity index (χ4n) is 7.51. The van der Waals surface area contributed by atoms with Crippen LogP contribution < -0.4 is 4.43 Å². The molecule has 65 heavy (non-hydrogen) atoms. The molecular weight excluding hydrogens is 827 g/mol. The molecule has 0 saturated carbocycles. The van der Waals surface area contributed by atoms with Crippen LogP contribution in [0, 0.1) is 18.3 Å². The molecule has 340 valence electrons. The Bertz CT molecular complexity index is 2370. The first kappa shape index (κ1) is 49.0. The van der Waals surface area contributed by atoms with Crippen molar-refractivity contribution in [1.82, 2.24) is 0 Å². The second-order valence-corrected chi connectivity index (χ2v) is 22.9. The van der Waals surface area contributed by atoms with Crippen LogP contribution in [0.15, 0.2) is 164 Å². The van der Waals surface area contributed by atoms with Crippen molar-refractivity contribution >= 4 is 8.32 Å². The summed E-state index contributed by atoms with van der Waals surface area (Å²) in [5.41, 5.74) is 7.83. The third-order valence-electron chi connectivity index (χ3n) is 12.2. The van der Waals surface area contributed by atoms with Gasteiger partial charge in [0.25, 0.3) is 0 Å². The Morgan fingerprint density at radius 1 is 0.631 bits per heavy atom. The fourth-order valence-corrected chi connectivity index (χ4v) is 8.54. The van der Waals surface area contributed by atoms with Crippen molar-refractivity contribution in [3.05, 3.63) is 208 Å². The molecule has 6 aromatic carbocycles. The molecule has 0 amide bonds. The summed E-state index contributed by atoms with van der Waals surface area (Å²) >= 11 is 0. The maximum atomic E-state index is 13.4. The zero-order valence-electron chi connectivity index (χ0n) is 39.0. The molecule has 1 N–H and O–H groups in total. The van der Waals surface area contributed by atoms with Gasteiger partial charge in [-0.2, -0.15) is 5.26 Å². The van der Waals surface area contributed by atoms with Gasteiger partial charge in [0.05, 0.1) is 39.1 Å². The predicted octanol–water partition coefficient (Wildman–Crippen LogP) is 12.0. The average molecular weight is 892 g/mol. The van der Waals surface area contributed by atoms with E-state index in [1.165, 1.54) is 6.92 Å². The van der Waals surface area contributed by atoms with Crippen LogP contribution in [0.4, 0.5) is 0 Å². The van der Waals surface area contributed by atoms with Crippen LogP contribution in [0.5, 0.6) is 5.75 Å². The summed E-state index contributed by atoms with van der Waals surface area (Å²) in [5, 5.41) is 20.8. The van der Waals surface area contributed by atoms with Crippen molar-refractivity contribution in [1.29, 1.82) is 5.26 Å². The van der Waals surface area contributed by atoms with E-state index in [2.05, 4.69) is 71.1 Å². The molecule has 0 aliphatic carbocycles. The number of rotatable bonds is 18.